The van der Waals surface area contributed by atoms with E-state index in [1.165, 1.54) is 0 Å². The van der Waals surface area contributed by atoms with Gasteiger partial charge in [-0.05, 0) is 18.7 Å². The smallest absolute Gasteiger partial charge is 0.222 e. The summed E-state index contributed by atoms with van der Waals surface area (Å²) in [6, 6.07) is -1.64. The highest BCUT2D eigenvalue weighted by atomic mass is 35.5. The Morgan fingerprint density at radius 1 is 1.50 bits per heavy atom. The summed E-state index contributed by atoms with van der Waals surface area (Å²) in [5.41, 5.74) is 0. The van der Waals surface area contributed by atoms with Crippen LogP contribution in [0.1, 0.15) is 6.92 Å². The highest BCUT2D eigenvalue weighted by Gasteiger charge is 2.35. The third-order valence-corrected chi connectivity index (χ3v) is 0.982. The number of hydrogen-bond donors (Lipinski definition) is 1. The molecule has 0 aliphatic rings. The van der Waals surface area contributed by atoms with Crippen LogP contribution in [0.3, 0.4) is 0 Å². The SMILES string of the molecule is CC(NCl)C(F)(F)F. The molecule has 1 nitrogen and oxygen atoms in total. The minimum atomic E-state index is -4.23. The summed E-state index contributed by atoms with van der Waals surface area (Å²) in [4.78, 5) is 1.55. The molecule has 0 aliphatic heterocycles. The van der Waals surface area contributed by atoms with E-state index in [9.17, 15) is 13.2 Å². The highest BCUT2D eigenvalue weighted by Crippen LogP contribution is 2.19. The lowest BCUT2D eigenvalue weighted by atomic mass is 10.4. The van der Waals surface area contributed by atoms with E-state index in [-0.39, 0.29) is 0 Å². The van der Waals surface area contributed by atoms with Gasteiger partial charge < -0.3 is 0 Å². The number of nitrogens with one attached hydrogen (secondary N) is 1. The van der Waals surface area contributed by atoms with Crippen molar-refractivity contribution < 1.29 is 13.2 Å². The van der Waals surface area contributed by atoms with Crippen LogP contribution < -0.4 is 4.84 Å². The van der Waals surface area contributed by atoms with Gasteiger partial charge in [-0.25, -0.2) is 4.84 Å². The molecular formula is C3H5ClF3N. The molecule has 0 saturated carbocycles. The van der Waals surface area contributed by atoms with Gasteiger partial charge in [-0.3, -0.25) is 0 Å². The molecule has 0 heterocycles. The molecule has 0 bridgehead atoms. The van der Waals surface area contributed by atoms with Crippen molar-refractivity contribution in [2.75, 3.05) is 0 Å². The molecule has 1 atom stereocenters. The van der Waals surface area contributed by atoms with Crippen molar-refractivity contribution in [3.8, 4) is 0 Å². The van der Waals surface area contributed by atoms with E-state index in [0.29, 0.717) is 0 Å². The van der Waals surface area contributed by atoms with Gasteiger partial charge in [-0.2, -0.15) is 13.2 Å². The summed E-state index contributed by atoms with van der Waals surface area (Å²) >= 11 is 4.67. The van der Waals surface area contributed by atoms with Crippen molar-refractivity contribution in [3.63, 3.8) is 0 Å². The maximum atomic E-state index is 11.3. The normalized spacial score (nSPS) is 16.1. The van der Waals surface area contributed by atoms with Crippen molar-refractivity contribution in [2.24, 2.45) is 0 Å². The Morgan fingerprint density at radius 2 is 1.88 bits per heavy atom. The monoisotopic (exact) mass is 147 g/mol. The first-order chi connectivity index (χ1) is 3.48. The fourth-order valence-electron chi connectivity index (χ4n) is 0.0619. The first kappa shape index (κ1) is 8.04. The van der Waals surface area contributed by atoms with Crippen LogP contribution in [0.25, 0.3) is 0 Å². The first-order valence-electron chi connectivity index (χ1n) is 1.91. The van der Waals surface area contributed by atoms with Gasteiger partial charge in [-0.1, -0.05) is 0 Å². The molecule has 0 aromatic heterocycles. The number of alkyl halides is 3. The van der Waals surface area contributed by atoms with Crippen LogP contribution in [0, 0.1) is 0 Å². The average Bonchev–Trinajstić information content (AvgIpc) is 1.62. The van der Waals surface area contributed by atoms with E-state index in [4.69, 9.17) is 0 Å². The molecular weight excluding hydrogens is 142 g/mol. The average molecular weight is 148 g/mol. The Kier molecular flexibility index (Phi) is 2.56. The van der Waals surface area contributed by atoms with E-state index >= 15 is 0 Å². The largest absolute Gasteiger partial charge is 0.404 e. The van der Waals surface area contributed by atoms with Crippen molar-refractivity contribution in [3.05, 3.63) is 0 Å². The Morgan fingerprint density at radius 3 is 1.88 bits per heavy atom. The maximum Gasteiger partial charge on any atom is 0.404 e. The summed E-state index contributed by atoms with van der Waals surface area (Å²) in [5.74, 6) is 0. The van der Waals surface area contributed by atoms with Gasteiger partial charge in [0.15, 0.2) is 0 Å². The molecule has 0 rings (SSSR count). The summed E-state index contributed by atoms with van der Waals surface area (Å²) < 4.78 is 33.9. The van der Waals surface area contributed by atoms with E-state index in [1.807, 2.05) is 0 Å². The van der Waals surface area contributed by atoms with Crippen molar-refractivity contribution >= 4 is 11.8 Å². The number of halogens is 4. The lowest BCUT2D eigenvalue weighted by Gasteiger charge is -2.11. The lowest BCUT2D eigenvalue weighted by Crippen LogP contribution is -2.34. The van der Waals surface area contributed by atoms with E-state index < -0.39 is 12.2 Å². The Balaban J connectivity index is 3.62. The molecule has 0 saturated heterocycles. The molecule has 0 fully saturated rings. The summed E-state index contributed by atoms with van der Waals surface area (Å²) in [6.45, 7) is 0.938. The van der Waals surface area contributed by atoms with Crippen molar-refractivity contribution in [1.82, 2.24) is 4.84 Å². The second kappa shape index (κ2) is 2.55. The minimum absolute atomic E-state index is 0.938. The van der Waals surface area contributed by atoms with E-state index in [1.54, 1.807) is 4.84 Å². The van der Waals surface area contributed by atoms with E-state index in [2.05, 4.69) is 11.8 Å². The summed E-state index contributed by atoms with van der Waals surface area (Å²) in [7, 11) is 0. The Bertz CT molecular complexity index is 71.4. The molecule has 1 N–H and O–H groups in total. The molecule has 8 heavy (non-hydrogen) atoms. The van der Waals surface area contributed by atoms with Crippen molar-refractivity contribution in [2.45, 2.75) is 19.1 Å². The van der Waals surface area contributed by atoms with Gasteiger partial charge in [0.25, 0.3) is 0 Å². The maximum absolute atomic E-state index is 11.3. The third kappa shape index (κ3) is 2.37. The van der Waals surface area contributed by atoms with Gasteiger partial charge in [0, 0.05) is 0 Å². The van der Waals surface area contributed by atoms with Gasteiger partial charge in [0.2, 0.25) is 0 Å². The van der Waals surface area contributed by atoms with E-state index in [0.717, 1.165) is 6.92 Å². The van der Waals surface area contributed by atoms with Crippen LogP contribution >= 0.6 is 11.8 Å². The second-order valence-electron chi connectivity index (χ2n) is 1.37. The molecule has 0 aliphatic carbocycles. The van der Waals surface area contributed by atoms with Crippen LogP contribution in [-0.2, 0) is 0 Å². The highest BCUT2D eigenvalue weighted by molar-refractivity contribution is 6.13. The number of hydrogen-bond acceptors (Lipinski definition) is 1. The number of rotatable bonds is 1. The van der Waals surface area contributed by atoms with Crippen molar-refractivity contribution in [1.29, 1.82) is 0 Å². The molecule has 0 aromatic carbocycles. The topological polar surface area (TPSA) is 12.0 Å². The van der Waals surface area contributed by atoms with Gasteiger partial charge >= 0.3 is 6.18 Å². The molecule has 5 heteroatoms. The zero-order valence-electron chi connectivity index (χ0n) is 4.09. The van der Waals surface area contributed by atoms with Crippen LogP contribution in [0.4, 0.5) is 13.2 Å². The quantitative estimate of drug-likeness (QED) is 0.557. The zero-order chi connectivity index (χ0) is 6.78. The molecule has 0 radical (unpaired) electrons. The van der Waals surface area contributed by atoms with Crippen LogP contribution in [-0.4, -0.2) is 12.2 Å². The summed E-state index contributed by atoms with van der Waals surface area (Å²) in [5, 5.41) is 0. The second-order valence-corrected chi connectivity index (χ2v) is 1.59. The molecule has 0 spiro atoms. The Hall–Kier alpha value is 0.0400. The predicted octanol–water partition coefficient (Wildman–Crippen LogP) is 1.68. The fourth-order valence-corrected chi connectivity index (χ4v) is 0.186. The minimum Gasteiger partial charge on any atom is -0.222 e. The van der Waals surface area contributed by atoms with Crippen LogP contribution in [0.15, 0.2) is 0 Å². The molecule has 0 amide bonds. The van der Waals surface area contributed by atoms with Crippen LogP contribution in [0.2, 0.25) is 0 Å². The molecule has 0 aromatic rings. The molecule has 1 unspecified atom stereocenters. The van der Waals surface area contributed by atoms with Gasteiger partial charge in [0.1, 0.15) is 6.04 Å². The fraction of sp³-hybridized carbons (Fsp3) is 1.00. The van der Waals surface area contributed by atoms with Gasteiger partial charge in [0.05, 0.1) is 0 Å². The zero-order valence-corrected chi connectivity index (χ0v) is 4.85. The predicted molar refractivity (Wildman–Crippen MR) is 24.5 cm³/mol. The standard InChI is InChI=1S/C3H5ClF3N/c1-2(8-4)3(5,6)7/h2,8H,1H3. The Labute approximate surface area is 49.9 Å². The molecule has 50 valence electrons. The lowest BCUT2D eigenvalue weighted by molar-refractivity contribution is -0.146. The third-order valence-electron chi connectivity index (χ3n) is 0.655. The van der Waals surface area contributed by atoms with Gasteiger partial charge in [-0.15, -0.1) is 0 Å². The van der Waals surface area contributed by atoms with Crippen LogP contribution in [0.5, 0.6) is 0 Å². The first-order valence-corrected chi connectivity index (χ1v) is 2.29. The summed E-state index contributed by atoms with van der Waals surface area (Å²) in [6.07, 6.45) is -4.23.